The van der Waals surface area contributed by atoms with Crippen LogP contribution in [0.1, 0.15) is 46.8 Å². The van der Waals surface area contributed by atoms with Crippen molar-refractivity contribution in [3.63, 3.8) is 0 Å². The van der Waals surface area contributed by atoms with Crippen LogP contribution >= 0.6 is 12.2 Å². The Kier molecular flexibility index (Phi) is 5.57. The molecule has 24 heavy (non-hydrogen) atoms. The quantitative estimate of drug-likeness (QED) is 0.576. The third-order valence-corrected chi connectivity index (χ3v) is 3.96. The van der Waals surface area contributed by atoms with Gasteiger partial charge in [0.15, 0.2) is 5.11 Å². The van der Waals surface area contributed by atoms with Crippen LogP contribution in [-0.2, 0) is 0 Å². The highest BCUT2D eigenvalue weighted by Gasteiger charge is 2.11. The van der Waals surface area contributed by atoms with Crippen LogP contribution in [-0.4, -0.2) is 16.1 Å². The summed E-state index contributed by atoms with van der Waals surface area (Å²) in [5.74, 6) is 0.252. The smallest absolute Gasteiger partial charge is 0.257 e. The van der Waals surface area contributed by atoms with E-state index in [4.69, 9.17) is 12.2 Å². The van der Waals surface area contributed by atoms with Gasteiger partial charge in [0.05, 0.1) is 5.69 Å². The molecule has 0 saturated heterocycles. The number of phenolic OH excluding ortho intramolecular Hbond substituents is 1. The molecule has 0 saturated carbocycles. The minimum atomic E-state index is -0.285. The fourth-order valence-corrected chi connectivity index (χ4v) is 2.61. The molecular formula is C19H22N2O2S. The molecule has 2 rings (SSSR count). The van der Waals surface area contributed by atoms with Gasteiger partial charge in [0.2, 0.25) is 0 Å². The van der Waals surface area contributed by atoms with Gasteiger partial charge < -0.3 is 10.4 Å². The van der Waals surface area contributed by atoms with E-state index >= 15 is 0 Å². The lowest BCUT2D eigenvalue weighted by Gasteiger charge is -2.13. The normalized spacial score (nSPS) is 10.5. The Morgan fingerprint density at radius 1 is 1.12 bits per heavy atom. The summed E-state index contributed by atoms with van der Waals surface area (Å²) >= 11 is 5.17. The van der Waals surface area contributed by atoms with Gasteiger partial charge in [-0.1, -0.05) is 32.0 Å². The number of amides is 1. The zero-order valence-corrected chi connectivity index (χ0v) is 15.1. The van der Waals surface area contributed by atoms with Crippen LogP contribution in [0.25, 0.3) is 0 Å². The number of thiocarbonyl (C=S) groups is 1. The van der Waals surface area contributed by atoms with Crippen molar-refractivity contribution in [2.45, 2.75) is 33.6 Å². The number of carbonyl (C=O) groups excluding carboxylic acids is 1. The molecule has 0 heterocycles. The van der Waals surface area contributed by atoms with E-state index in [0.717, 1.165) is 11.1 Å². The summed E-state index contributed by atoms with van der Waals surface area (Å²) in [6.07, 6.45) is 0. The van der Waals surface area contributed by atoms with E-state index in [-0.39, 0.29) is 16.8 Å². The summed E-state index contributed by atoms with van der Waals surface area (Å²) in [5.41, 5.74) is 3.93. The monoisotopic (exact) mass is 342 g/mol. The summed E-state index contributed by atoms with van der Waals surface area (Å²) < 4.78 is 0. The standard InChI is InChI=1S/C19H22N2O2S/c1-11(2)14-5-7-15(8-6-14)18(23)21-19(24)20-16-10-12(3)9-13(4)17(16)22/h5-11,22H,1-4H3,(H2,20,21,23,24). The zero-order valence-electron chi connectivity index (χ0n) is 14.3. The molecule has 0 aromatic heterocycles. The molecule has 5 heteroatoms. The van der Waals surface area contributed by atoms with Crippen molar-refractivity contribution >= 4 is 28.9 Å². The number of anilines is 1. The number of rotatable bonds is 3. The second-order valence-electron chi connectivity index (χ2n) is 6.16. The summed E-state index contributed by atoms with van der Waals surface area (Å²) in [6, 6.07) is 11.1. The van der Waals surface area contributed by atoms with Gasteiger partial charge >= 0.3 is 0 Å². The van der Waals surface area contributed by atoms with E-state index in [0.29, 0.717) is 17.2 Å². The third-order valence-electron chi connectivity index (χ3n) is 3.76. The van der Waals surface area contributed by atoms with Crippen LogP contribution in [0.4, 0.5) is 5.69 Å². The molecule has 1 amide bonds. The van der Waals surface area contributed by atoms with E-state index in [1.54, 1.807) is 18.2 Å². The molecule has 0 fully saturated rings. The predicted octanol–water partition coefficient (Wildman–Crippen LogP) is 4.26. The molecule has 4 nitrogen and oxygen atoms in total. The first-order chi connectivity index (χ1) is 11.3. The summed E-state index contributed by atoms with van der Waals surface area (Å²) in [4.78, 5) is 12.2. The Morgan fingerprint density at radius 2 is 1.75 bits per heavy atom. The largest absolute Gasteiger partial charge is 0.505 e. The van der Waals surface area contributed by atoms with Crippen molar-refractivity contribution in [2.75, 3.05) is 5.32 Å². The first-order valence-electron chi connectivity index (χ1n) is 7.80. The van der Waals surface area contributed by atoms with Gasteiger partial charge in [-0.3, -0.25) is 10.1 Å². The SMILES string of the molecule is Cc1cc(C)c(O)c(NC(=S)NC(=O)c2ccc(C(C)C)cc2)c1. The lowest BCUT2D eigenvalue weighted by Crippen LogP contribution is -2.34. The lowest BCUT2D eigenvalue weighted by atomic mass is 10.0. The highest BCUT2D eigenvalue weighted by molar-refractivity contribution is 7.80. The molecule has 0 bridgehead atoms. The molecule has 2 aromatic rings. The number of hydrogen-bond acceptors (Lipinski definition) is 3. The van der Waals surface area contributed by atoms with Crippen molar-refractivity contribution in [1.82, 2.24) is 5.32 Å². The molecule has 0 spiro atoms. The van der Waals surface area contributed by atoms with Crippen molar-refractivity contribution < 1.29 is 9.90 Å². The van der Waals surface area contributed by atoms with Crippen molar-refractivity contribution in [1.29, 1.82) is 0 Å². The number of hydrogen-bond donors (Lipinski definition) is 3. The number of phenols is 1. The maximum atomic E-state index is 12.2. The number of aromatic hydroxyl groups is 1. The van der Waals surface area contributed by atoms with Gasteiger partial charge in [0.1, 0.15) is 5.75 Å². The van der Waals surface area contributed by atoms with E-state index in [2.05, 4.69) is 24.5 Å². The number of aryl methyl sites for hydroxylation is 2. The second-order valence-corrected chi connectivity index (χ2v) is 6.57. The maximum Gasteiger partial charge on any atom is 0.257 e. The molecule has 0 radical (unpaired) electrons. The molecule has 126 valence electrons. The average molecular weight is 342 g/mol. The van der Waals surface area contributed by atoms with Crippen molar-refractivity contribution in [2.24, 2.45) is 0 Å². The molecular weight excluding hydrogens is 320 g/mol. The van der Waals surface area contributed by atoms with Crippen LogP contribution in [0.15, 0.2) is 36.4 Å². The van der Waals surface area contributed by atoms with Gasteiger partial charge in [-0.25, -0.2) is 0 Å². The molecule has 0 aliphatic carbocycles. The van der Waals surface area contributed by atoms with Gasteiger partial charge in [0, 0.05) is 5.56 Å². The second kappa shape index (κ2) is 7.45. The molecule has 2 aromatic carbocycles. The summed E-state index contributed by atoms with van der Waals surface area (Å²) in [7, 11) is 0. The Labute approximate surface area is 147 Å². The lowest BCUT2D eigenvalue weighted by molar-refractivity contribution is 0.0977. The summed E-state index contributed by atoms with van der Waals surface area (Å²) in [6.45, 7) is 7.94. The molecule has 0 unspecified atom stereocenters. The van der Waals surface area contributed by atoms with Crippen LogP contribution in [0.2, 0.25) is 0 Å². The fraction of sp³-hybridized carbons (Fsp3) is 0.263. The van der Waals surface area contributed by atoms with Crippen LogP contribution in [0, 0.1) is 13.8 Å². The molecule has 3 N–H and O–H groups in total. The minimum absolute atomic E-state index is 0.124. The van der Waals surface area contributed by atoms with Crippen molar-refractivity contribution in [3.05, 3.63) is 58.7 Å². The van der Waals surface area contributed by atoms with Crippen LogP contribution in [0.5, 0.6) is 5.75 Å². The van der Waals surface area contributed by atoms with Crippen LogP contribution in [0.3, 0.4) is 0 Å². The molecule has 0 aliphatic rings. The zero-order chi connectivity index (χ0) is 17.9. The molecule has 0 atom stereocenters. The van der Waals surface area contributed by atoms with Gasteiger partial charge in [0.25, 0.3) is 5.91 Å². The number of nitrogens with one attached hydrogen (secondary N) is 2. The van der Waals surface area contributed by atoms with Crippen molar-refractivity contribution in [3.8, 4) is 5.75 Å². The van der Waals surface area contributed by atoms with Gasteiger partial charge in [-0.2, -0.15) is 0 Å². The van der Waals surface area contributed by atoms with Crippen LogP contribution < -0.4 is 10.6 Å². The third kappa shape index (κ3) is 4.32. The Bertz CT molecular complexity index is 768. The Morgan fingerprint density at radius 3 is 2.33 bits per heavy atom. The minimum Gasteiger partial charge on any atom is -0.505 e. The van der Waals surface area contributed by atoms with E-state index in [9.17, 15) is 9.90 Å². The summed E-state index contributed by atoms with van der Waals surface area (Å²) in [5, 5.41) is 15.7. The number of carbonyl (C=O) groups is 1. The topological polar surface area (TPSA) is 61.4 Å². The maximum absolute atomic E-state index is 12.2. The van der Waals surface area contributed by atoms with E-state index in [1.807, 2.05) is 32.0 Å². The highest BCUT2D eigenvalue weighted by atomic mass is 32.1. The van der Waals surface area contributed by atoms with Gasteiger partial charge in [-0.05, 0) is 66.9 Å². The highest BCUT2D eigenvalue weighted by Crippen LogP contribution is 2.28. The fourth-order valence-electron chi connectivity index (χ4n) is 2.40. The Balaban J connectivity index is 2.05. The Hall–Kier alpha value is -2.40. The first-order valence-corrected chi connectivity index (χ1v) is 8.21. The van der Waals surface area contributed by atoms with Gasteiger partial charge in [-0.15, -0.1) is 0 Å². The number of benzene rings is 2. The molecule has 0 aliphatic heterocycles. The van der Waals surface area contributed by atoms with E-state index < -0.39 is 0 Å². The predicted molar refractivity (Wildman–Crippen MR) is 102 cm³/mol. The first kappa shape index (κ1) is 17.9. The van der Waals surface area contributed by atoms with E-state index in [1.165, 1.54) is 5.56 Å². The average Bonchev–Trinajstić information content (AvgIpc) is 2.52.